The van der Waals surface area contributed by atoms with E-state index in [0.29, 0.717) is 0 Å². The van der Waals surface area contributed by atoms with Gasteiger partial charge in [0.05, 0.1) is 0 Å². The Hall–Kier alpha value is -8.84. The summed E-state index contributed by atoms with van der Waals surface area (Å²) < 4.78 is 0. The number of rotatable bonds is 4. The fraction of sp³-hybridized carbons (Fsp3) is 0.0145. The average Bonchev–Trinajstić information content (AvgIpc) is 3.92. The third kappa shape index (κ3) is 6.45. The predicted octanol–water partition coefficient (Wildman–Crippen LogP) is 19.4. The first-order valence-electron chi connectivity index (χ1n) is 24.1. The zero-order valence-electron chi connectivity index (χ0n) is 38.2. The van der Waals surface area contributed by atoms with Crippen molar-refractivity contribution in [3.63, 3.8) is 0 Å². The van der Waals surface area contributed by atoms with Crippen LogP contribution in [-0.2, 0) is 0 Å². The molecule has 0 spiro atoms. The molecule has 15 rings (SSSR count). The Kier molecular flexibility index (Phi) is 8.91. The molecule has 0 aliphatic heterocycles. The molecule has 320 valence electrons. The quantitative estimate of drug-likeness (QED) is 0.155. The summed E-state index contributed by atoms with van der Waals surface area (Å²) in [5.74, 6) is 0. The summed E-state index contributed by atoms with van der Waals surface area (Å²) in [5, 5.41) is 13.2. The van der Waals surface area contributed by atoms with Crippen LogP contribution >= 0.6 is 0 Å². The molecule has 2 aliphatic carbocycles. The minimum absolute atomic E-state index is 1.23. The van der Waals surface area contributed by atoms with Crippen LogP contribution in [0, 0.1) is 6.92 Å². The Labute approximate surface area is 402 Å². The van der Waals surface area contributed by atoms with Crippen LogP contribution < -0.4 is 0 Å². The summed E-state index contributed by atoms with van der Waals surface area (Å²) in [6.45, 7) is 2.15. The monoisotopic (exact) mass is 872 g/mol. The molecular weight excluding hydrogens is 829 g/mol. The molecule has 0 heteroatoms. The van der Waals surface area contributed by atoms with Crippen molar-refractivity contribution in [2.45, 2.75) is 6.92 Å². The Morgan fingerprint density at radius 2 is 0.551 bits per heavy atom. The van der Waals surface area contributed by atoms with E-state index < -0.39 is 0 Å². The van der Waals surface area contributed by atoms with Gasteiger partial charge in [0.1, 0.15) is 0 Å². The normalized spacial score (nSPS) is 11.8. The molecule has 0 saturated carbocycles. The lowest BCUT2D eigenvalue weighted by Crippen LogP contribution is -1.85. The molecule has 0 atom stereocenters. The van der Waals surface area contributed by atoms with Crippen molar-refractivity contribution in [3.05, 3.63) is 254 Å². The lowest BCUT2D eigenvalue weighted by atomic mass is 9.92. The highest BCUT2D eigenvalue weighted by Crippen LogP contribution is 2.51. The van der Waals surface area contributed by atoms with Crippen molar-refractivity contribution in [1.82, 2.24) is 0 Å². The number of aryl methyl sites for hydroxylation is 1. The van der Waals surface area contributed by atoms with E-state index in [4.69, 9.17) is 0 Å². The molecule has 13 aromatic carbocycles. The largest absolute Gasteiger partial charge is 0.0622 e. The van der Waals surface area contributed by atoms with Crippen LogP contribution in [0.3, 0.4) is 0 Å². The van der Waals surface area contributed by atoms with Crippen molar-refractivity contribution < 1.29 is 0 Å². The van der Waals surface area contributed by atoms with Gasteiger partial charge in [-0.15, -0.1) is 0 Å². The molecule has 0 amide bonds. The maximum absolute atomic E-state index is 2.38. The topological polar surface area (TPSA) is 0 Å². The van der Waals surface area contributed by atoms with Gasteiger partial charge in [0.15, 0.2) is 0 Å². The van der Waals surface area contributed by atoms with Crippen molar-refractivity contribution in [1.29, 1.82) is 0 Å². The first kappa shape index (κ1) is 39.3. The van der Waals surface area contributed by atoms with Gasteiger partial charge in [0.25, 0.3) is 0 Å². The van der Waals surface area contributed by atoms with Crippen molar-refractivity contribution in [2.75, 3.05) is 0 Å². The van der Waals surface area contributed by atoms with E-state index in [1.54, 1.807) is 0 Å². The van der Waals surface area contributed by atoms with Crippen LogP contribution in [-0.4, -0.2) is 0 Å². The van der Waals surface area contributed by atoms with Crippen LogP contribution in [0.4, 0.5) is 0 Å². The average molecular weight is 873 g/mol. The highest BCUT2D eigenvalue weighted by Gasteiger charge is 2.24. The van der Waals surface area contributed by atoms with E-state index in [1.165, 1.54) is 148 Å². The van der Waals surface area contributed by atoms with Crippen molar-refractivity contribution >= 4 is 53.9 Å². The van der Waals surface area contributed by atoms with Crippen LogP contribution in [0.1, 0.15) is 5.56 Å². The van der Waals surface area contributed by atoms with Crippen LogP contribution in [0.25, 0.3) is 143 Å². The molecule has 0 unspecified atom stereocenters. The summed E-state index contributed by atoms with van der Waals surface area (Å²) in [7, 11) is 0. The molecule has 13 aromatic rings. The second-order valence-electron chi connectivity index (χ2n) is 18.9. The maximum atomic E-state index is 2.38. The van der Waals surface area contributed by atoms with E-state index >= 15 is 0 Å². The molecule has 0 saturated heterocycles. The lowest BCUT2D eigenvalue weighted by molar-refractivity contribution is 1.47. The van der Waals surface area contributed by atoms with Crippen LogP contribution in [0.5, 0.6) is 0 Å². The minimum Gasteiger partial charge on any atom is -0.0622 e. The third-order valence-corrected chi connectivity index (χ3v) is 14.8. The molecule has 0 aromatic heterocycles. The fourth-order valence-corrected chi connectivity index (χ4v) is 11.5. The van der Waals surface area contributed by atoms with Gasteiger partial charge >= 0.3 is 0 Å². The van der Waals surface area contributed by atoms with Gasteiger partial charge in [-0.05, 0) is 192 Å². The van der Waals surface area contributed by atoms with E-state index in [2.05, 4.69) is 256 Å². The van der Waals surface area contributed by atoms with Crippen molar-refractivity contribution in [3.8, 4) is 89.0 Å². The van der Waals surface area contributed by atoms with Gasteiger partial charge in [0, 0.05) is 0 Å². The summed E-state index contributed by atoms with van der Waals surface area (Å²) in [6, 6.07) is 91.5. The first-order valence-corrected chi connectivity index (χ1v) is 24.1. The molecule has 0 nitrogen and oxygen atoms in total. The molecule has 0 heterocycles. The van der Waals surface area contributed by atoms with E-state index in [1.807, 2.05) is 0 Å². The maximum Gasteiger partial charge on any atom is -0.00199 e. The van der Waals surface area contributed by atoms with Gasteiger partial charge in [-0.1, -0.05) is 212 Å². The van der Waals surface area contributed by atoms with Gasteiger partial charge < -0.3 is 0 Å². The Balaban J connectivity index is 0.000000143. The second-order valence-corrected chi connectivity index (χ2v) is 18.9. The number of hydrogen-bond donors (Lipinski definition) is 0. The summed E-state index contributed by atoms with van der Waals surface area (Å²) >= 11 is 0. The number of fused-ring (bicyclic) bond motifs is 11. The molecule has 0 fully saturated rings. The van der Waals surface area contributed by atoms with E-state index in [0.717, 1.165) is 0 Å². The zero-order valence-corrected chi connectivity index (χ0v) is 38.2. The summed E-state index contributed by atoms with van der Waals surface area (Å²) in [6.07, 6.45) is 0. The van der Waals surface area contributed by atoms with Gasteiger partial charge in [-0.2, -0.15) is 0 Å². The summed E-state index contributed by atoms with van der Waals surface area (Å²) in [5.41, 5.74) is 22.1. The molecule has 0 radical (unpaired) electrons. The number of hydrogen-bond acceptors (Lipinski definition) is 0. The smallest absolute Gasteiger partial charge is 0.00199 e. The standard InChI is InChI=1S/C42H26.C27H18/c1-2-8-27(9-3-1)30-16-17-33-24-31(18-19-32(33)23-30)28-10-6-11-29(22-28)34-20-21-35-26-41-37-13-5-4-12-36(37)38-14-7-15-39(42(38)41)40(35)25-34;1-17-6-4-7-18(14-17)19-12-13-20-16-26-22-9-3-2-8-21(22)23-10-5-11-24(27(23)26)25(20)15-19/h1-26H;2-16H,1H3. The van der Waals surface area contributed by atoms with Gasteiger partial charge in [-0.3, -0.25) is 0 Å². The Morgan fingerprint density at radius 3 is 1.06 bits per heavy atom. The Morgan fingerprint density at radius 1 is 0.188 bits per heavy atom. The molecule has 2 aliphatic rings. The third-order valence-electron chi connectivity index (χ3n) is 14.8. The molecule has 0 N–H and O–H groups in total. The van der Waals surface area contributed by atoms with Crippen LogP contribution in [0.15, 0.2) is 249 Å². The fourth-order valence-electron chi connectivity index (χ4n) is 11.5. The highest BCUT2D eigenvalue weighted by molar-refractivity contribution is 6.25. The van der Waals surface area contributed by atoms with Gasteiger partial charge in [-0.25, -0.2) is 0 Å². The van der Waals surface area contributed by atoms with Crippen molar-refractivity contribution in [2.24, 2.45) is 0 Å². The molecule has 69 heavy (non-hydrogen) atoms. The first-order chi connectivity index (χ1) is 34.1. The molecular formula is C69H44. The second kappa shape index (κ2) is 15.6. The van der Waals surface area contributed by atoms with E-state index in [9.17, 15) is 0 Å². The Bertz CT molecular complexity index is 4250. The summed E-state index contributed by atoms with van der Waals surface area (Å²) in [4.78, 5) is 0. The highest BCUT2D eigenvalue weighted by atomic mass is 14.3. The lowest BCUT2D eigenvalue weighted by Gasteiger charge is -2.11. The van der Waals surface area contributed by atoms with E-state index in [-0.39, 0.29) is 0 Å². The SMILES string of the molecule is Cc1cccc(-c2ccc3cc4c5c(cccc5c3c2)-c2ccccc2-4)c1.c1ccc(-c2ccc3cc(-c4cccc(-c5ccc6cc7c8c(cccc8c6c5)-c5ccccc5-7)c4)ccc3c2)cc1. The minimum atomic E-state index is 1.23. The van der Waals surface area contributed by atoms with Gasteiger partial charge in [0.2, 0.25) is 0 Å². The zero-order chi connectivity index (χ0) is 45.6. The predicted molar refractivity (Wildman–Crippen MR) is 296 cm³/mol. The molecule has 0 bridgehead atoms. The van der Waals surface area contributed by atoms with Crippen LogP contribution in [0.2, 0.25) is 0 Å². The number of benzene rings is 13.